The smallest absolute Gasteiger partial charge is 0.253 e. The van der Waals surface area contributed by atoms with E-state index >= 15 is 0 Å². The van der Waals surface area contributed by atoms with Crippen LogP contribution >= 0.6 is 11.3 Å². The van der Waals surface area contributed by atoms with Crippen LogP contribution in [-0.4, -0.2) is 29.7 Å². The van der Waals surface area contributed by atoms with Crippen molar-refractivity contribution in [2.45, 2.75) is 31.8 Å². The van der Waals surface area contributed by atoms with E-state index in [1.807, 2.05) is 0 Å². The average Bonchev–Trinajstić information content (AvgIpc) is 3.15. The first-order chi connectivity index (χ1) is 11.2. The quantitative estimate of drug-likeness (QED) is 0.849. The Kier molecular flexibility index (Phi) is 4.93. The van der Waals surface area contributed by atoms with Gasteiger partial charge in [0.15, 0.2) is 6.10 Å². The molecule has 1 heterocycles. The Labute approximate surface area is 139 Å². The summed E-state index contributed by atoms with van der Waals surface area (Å²) in [5.41, 5.74) is 1.78. The number of thiazole rings is 1. The third-order valence-electron chi connectivity index (χ3n) is 3.96. The molecule has 1 amide bonds. The van der Waals surface area contributed by atoms with Gasteiger partial charge in [-0.3, -0.25) is 4.79 Å². The van der Waals surface area contributed by atoms with Crippen LogP contribution in [0.3, 0.4) is 0 Å². The summed E-state index contributed by atoms with van der Waals surface area (Å²) in [5, 5.41) is 13.9. The van der Waals surface area contributed by atoms with Gasteiger partial charge < -0.3 is 15.2 Å². The monoisotopic (exact) mass is 332 g/mol. The van der Waals surface area contributed by atoms with Crippen molar-refractivity contribution in [3.05, 3.63) is 45.4 Å². The number of hydrogen-bond acceptors (Lipinski definition) is 5. The molecular weight excluding hydrogens is 312 g/mol. The van der Waals surface area contributed by atoms with Crippen molar-refractivity contribution in [1.29, 1.82) is 0 Å². The van der Waals surface area contributed by atoms with Crippen LogP contribution in [0, 0.1) is 0 Å². The molecule has 0 spiro atoms. The van der Waals surface area contributed by atoms with Crippen LogP contribution in [0.15, 0.2) is 24.3 Å². The predicted molar refractivity (Wildman–Crippen MR) is 88.8 cm³/mol. The van der Waals surface area contributed by atoms with Crippen LogP contribution in [0.5, 0.6) is 5.75 Å². The van der Waals surface area contributed by atoms with Crippen LogP contribution in [-0.2, 0) is 24.1 Å². The van der Waals surface area contributed by atoms with Crippen molar-refractivity contribution in [3.8, 4) is 5.75 Å². The Morgan fingerprint density at radius 1 is 1.39 bits per heavy atom. The molecule has 0 unspecified atom stereocenters. The molecule has 1 aliphatic carbocycles. The van der Waals surface area contributed by atoms with Crippen molar-refractivity contribution < 1.29 is 14.6 Å². The molecule has 1 aromatic heterocycles. The number of amides is 1. The topological polar surface area (TPSA) is 71.5 Å². The Morgan fingerprint density at radius 2 is 2.17 bits per heavy atom. The first kappa shape index (κ1) is 16.0. The molecule has 1 aliphatic rings. The zero-order valence-electron chi connectivity index (χ0n) is 13.0. The van der Waals surface area contributed by atoms with E-state index in [2.05, 4.69) is 10.3 Å². The lowest BCUT2D eigenvalue weighted by molar-refractivity contribution is -0.129. The maximum Gasteiger partial charge on any atom is 0.253 e. The number of nitrogens with one attached hydrogen (secondary N) is 1. The number of rotatable bonds is 6. The van der Waals surface area contributed by atoms with Gasteiger partial charge in [0, 0.05) is 17.8 Å². The molecule has 122 valence electrons. The van der Waals surface area contributed by atoms with Crippen LogP contribution in [0.2, 0.25) is 0 Å². The third-order valence-corrected chi connectivity index (χ3v) is 5.18. The highest BCUT2D eigenvalue weighted by Crippen LogP contribution is 2.27. The van der Waals surface area contributed by atoms with Crippen LogP contribution in [0.1, 0.15) is 33.7 Å². The molecule has 2 aromatic rings. The lowest BCUT2D eigenvalue weighted by Gasteiger charge is -2.11. The van der Waals surface area contributed by atoms with Crippen LogP contribution in [0.25, 0.3) is 0 Å². The number of hydrogen-bond donors (Lipinski definition) is 2. The van der Waals surface area contributed by atoms with Gasteiger partial charge >= 0.3 is 0 Å². The summed E-state index contributed by atoms with van der Waals surface area (Å²) in [5.74, 6) is 0.303. The van der Waals surface area contributed by atoms with Crippen molar-refractivity contribution in [2.24, 2.45) is 0 Å². The van der Waals surface area contributed by atoms with Crippen molar-refractivity contribution in [2.75, 3.05) is 13.7 Å². The Balaban J connectivity index is 1.49. The normalized spacial score (nSPS) is 14.3. The largest absolute Gasteiger partial charge is 0.497 e. The first-order valence-electron chi connectivity index (χ1n) is 7.74. The summed E-state index contributed by atoms with van der Waals surface area (Å²) < 4.78 is 5.06. The molecule has 2 N–H and O–H groups in total. The Morgan fingerprint density at radius 3 is 2.87 bits per heavy atom. The average molecular weight is 332 g/mol. The number of carbonyl (C=O) groups is 1. The molecule has 0 radical (unpaired) electrons. The first-order valence-corrected chi connectivity index (χ1v) is 8.56. The molecule has 0 saturated heterocycles. The third kappa shape index (κ3) is 3.71. The highest BCUT2D eigenvalue weighted by atomic mass is 32.1. The summed E-state index contributed by atoms with van der Waals surface area (Å²) in [6.45, 7) is 0.485. The molecule has 1 atom stereocenters. The number of ether oxygens (including phenoxy) is 1. The molecule has 0 fully saturated rings. The van der Waals surface area contributed by atoms with Gasteiger partial charge in [0.2, 0.25) is 0 Å². The highest BCUT2D eigenvalue weighted by Gasteiger charge is 2.18. The molecule has 3 rings (SSSR count). The molecule has 0 saturated carbocycles. The van der Waals surface area contributed by atoms with E-state index < -0.39 is 6.10 Å². The molecular formula is C17H20N2O3S. The van der Waals surface area contributed by atoms with Crippen molar-refractivity contribution >= 4 is 17.2 Å². The maximum atomic E-state index is 12.0. The van der Waals surface area contributed by atoms with Gasteiger partial charge in [-0.05, 0) is 37.0 Å². The van der Waals surface area contributed by atoms with E-state index in [0.717, 1.165) is 17.8 Å². The highest BCUT2D eigenvalue weighted by molar-refractivity contribution is 7.11. The summed E-state index contributed by atoms with van der Waals surface area (Å²) in [7, 11) is 1.58. The van der Waals surface area contributed by atoms with E-state index in [-0.39, 0.29) is 5.91 Å². The molecule has 0 bridgehead atoms. The zero-order chi connectivity index (χ0) is 16.2. The van der Waals surface area contributed by atoms with E-state index in [1.54, 1.807) is 42.7 Å². The van der Waals surface area contributed by atoms with Gasteiger partial charge in [-0.25, -0.2) is 4.98 Å². The number of carbonyl (C=O) groups excluding carboxylic acids is 1. The number of aliphatic hydroxyl groups is 1. The summed E-state index contributed by atoms with van der Waals surface area (Å²) in [4.78, 5) is 18.0. The minimum absolute atomic E-state index is 0.390. The summed E-state index contributed by atoms with van der Waals surface area (Å²) >= 11 is 1.74. The van der Waals surface area contributed by atoms with E-state index in [0.29, 0.717) is 24.3 Å². The van der Waals surface area contributed by atoms with Gasteiger partial charge in [-0.1, -0.05) is 12.1 Å². The second-order valence-electron chi connectivity index (χ2n) is 5.55. The van der Waals surface area contributed by atoms with Gasteiger partial charge in [-0.2, -0.15) is 0 Å². The van der Waals surface area contributed by atoms with Crippen LogP contribution in [0.4, 0.5) is 0 Å². The number of aliphatic hydroxyl groups excluding tert-OH is 1. The van der Waals surface area contributed by atoms with Gasteiger partial charge in [0.05, 0.1) is 17.8 Å². The molecule has 1 aromatic carbocycles. The lowest BCUT2D eigenvalue weighted by atomic mass is 10.1. The number of benzene rings is 1. The van der Waals surface area contributed by atoms with Gasteiger partial charge in [0.1, 0.15) is 5.75 Å². The van der Waals surface area contributed by atoms with Gasteiger partial charge in [-0.15, -0.1) is 11.3 Å². The SMILES string of the molecule is COc1ccc([C@@H](O)C(=O)NCCc2nc3c(s2)CCC3)cc1. The van der Waals surface area contributed by atoms with Crippen LogP contribution < -0.4 is 10.1 Å². The zero-order valence-corrected chi connectivity index (χ0v) is 13.9. The maximum absolute atomic E-state index is 12.0. The number of fused-ring (bicyclic) bond motifs is 1. The van der Waals surface area contributed by atoms with E-state index in [4.69, 9.17) is 4.74 Å². The fraction of sp³-hybridized carbons (Fsp3) is 0.412. The number of aromatic nitrogens is 1. The number of aryl methyl sites for hydroxylation is 2. The second kappa shape index (κ2) is 7.10. The Hall–Kier alpha value is -1.92. The fourth-order valence-electron chi connectivity index (χ4n) is 2.68. The van der Waals surface area contributed by atoms with E-state index in [1.165, 1.54) is 17.0 Å². The number of methoxy groups -OCH3 is 1. The van der Waals surface area contributed by atoms with Crippen molar-refractivity contribution in [1.82, 2.24) is 10.3 Å². The van der Waals surface area contributed by atoms with E-state index in [9.17, 15) is 9.90 Å². The molecule has 23 heavy (non-hydrogen) atoms. The van der Waals surface area contributed by atoms with Gasteiger partial charge in [0.25, 0.3) is 5.91 Å². The second-order valence-corrected chi connectivity index (χ2v) is 6.72. The minimum Gasteiger partial charge on any atom is -0.497 e. The standard InChI is InChI=1S/C17H20N2O3S/c1-22-12-7-5-11(6-8-12)16(20)17(21)18-10-9-15-19-13-3-2-4-14(13)23-15/h5-8,16,20H,2-4,9-10H2,1H3,(H,18,21)/t16-/m1/s1. The predicted octanol–water partition coefficient (Wildman–Crippen LogP) is 2.03. The summed E-state index contributed by atoms with van der Waals surface area (Å²) in [6, 6.07) is 6.83. The molecule has 6 heteroatoms. The Bertz CT molecular complexity index is 660. The fourth-order valence-corrected chi connectivity index (χ4v) is 3.83. The lowest BCUT2D eigenvalue weighted by Crippen LogP contribution is -2.30. The van der Waals surface area contributed by atoms with Crippen molar-refractivity contribution in [3.63, 3.8) is 0 Å². The number of nitrogens with zero attached hydrogens (tertiary/aromatic N) is 1. The minimum atomic E-state index is -1.16. The summed E-state index contributed by atoms with van der Waals surface area (Å²) in [6.07, 6.45) is 2.96. The molecule has 5 nitrogen and oxygen atoms in total. The molecule has 0 aliphatic heterocycles.